The van der Waals surface area contributed by atoms with Crippen LogP contribution in [0.2, 0.25) is 0 Å². The third-order valence-corrected chi connectivity index (χ3v) is 2.28. The molecule has 1 aromatic heterocycles. The number of aryl methyl sites for hydroxylation is 1. The smallest absolute Gasteiger partial charge is 0.196 e. The van der Waals surface area contributed by atoms with Gasteiger partial charge in [0.1, 0.15) is 12.2 Å². The molecule has 0 radical (unpaired) electrons. The predicted molar refractivity (Wildman–Crippen MR) is 54.6 cm³/mol. The van der Waals surface area contributed by atoms with Crippen molar-refractivity contribution in [2.24, 2.45) is 7.05 Å². The highest BCUT2D eigenvalue weighted by Crippen LogP contribution is 2.19. The van der Waals surface area contributed by atoms with Crippen LogP contribution in [0.5, 0.6) is 0 Å². The number of rotatable bonds is 3. The van der Waals surface area contributed by atoms with Crippen molar-refractivity contribution in [3.05, 3.63) is 41.7 Å². The van der Waals surface area contributed by atoms with Gasteiger partial charge in [-0.2, -0.15) is 5.10 Å². The SMILES string of the molecule is Cn1ncnc1CNc1ccc(F)c(F)c1F. The number of benzene rings is 1. The summed E-state index contributed by atoms with van der Waals surface area (Å²) < 4.78 is 40.3. The van der Waals surface area contributed by atoms with Crippen molar-refractivity contribution in [3.63, 3.8) is 0 Å². The number of anilines is 1. The summed E-state index contributed by atoms with van der Waals surface area (Å²) in [7, 11) is 1.67. The molecule has 0 aliphatic rings. The Morgan fingerprint density at radius 1 is 1.24 bits per heavy atom. The Labute approximate surface area is 95.1 Å². The lowest BCUT2D eigenvalue weighted by molar-refractivity contribution is 0.449. The molecule has 0 saturated heterocycles. The van der Waals surface area contributed by atoms with Crippen LogP contribution in [-0.4, -0.2) is 14.8 Å². The molecule has 0 unspecified atom stereocenters. The van der Waals surface area contributed by atoms with Gasteiger partial charge in [-0.3, -0.25) is 4.68 Å². The number of halogens is 3. The van der Waals surface area contributed by atoms with Crippen molar-refractivity contribution in [1.29, 1.82) is 0 Å². The molecule has 0 fully saturated rings. The van der Waals surface area contributed by atoms with Gasteiger partial charge >= 0.3 is 0 Å². The Kier molecular flexibility index (Phi) is 2.99. The van der Waals surface area contributed by atoms with Crippen LogP contribution >= 0.6 is 0 Å². The molecular weight excluding hydrogens is 233 g/mol. The Morgan fingerprint density at radius 3 is 2.65 bits per heavy atom. The molecule has 4 nitrogen and oxygen atoms in total. The Morgan fingerprint density at radius 2 is 2.00 bits per heavy atom. The molecule has 0 spiro atoms. The van der Waals surface area contributed by atoms with Gasteiger partial charge in [0.15, 0.2) is 17.5 Å². The van der Waals surface area contributed by atoms with Gasteiger partial charge < -0.3 is 5.32 Å². The van der Waals surface area contributed by atoms with E-state index in [0.29, 0.717) is 5.82 Å². The quantitative estimate of drug-likeness (QED) is 0.835. The molecule has 0 atom stereocenters. The lowest BCUT2D eigenvalue weighted by Crippen LogP contribution is -2.08. The summed E-state index contributed by atoms with van der Waals surface area (Å²) in [5.41, 5.74) is -0.119. The van der Waals surface area contributed by atoms with Crippen LogP contribution in [0.15, 0.2) is 18.5 Å². The predicted octanol–water partition coefficient (Wildman–Crippen LogP) is 1.84. The molecule has 2 aromatic rings. The first kappa shape index (κ1) is 11.4. The minimum Gasteiger partial charge on any atom is -0.375 e. The zero-order valence-corrected chi connectivity index (χ0v) is 8.91. The van der Waals surface area contributed by atoms with Crippen LogP contribution in [0.4, 0.5) is 18.9 Å². The van der Waals surface area contributed by atoms with E-state index in [1.54, 1.807) is 7.05 Å². The van der Waals surface area contributed by atoms with E-state index in [1.807, 2.05) is 0 Å². The van der Waals surface area contributed by atoms with E-state index in [9.17, 15) is 13.2 Å². The van der Waals surface area contributed by atoms with Gasteiger partial charge in [-0.05, 0) is 12.1 Å². The van der Waals surface area contributed by atoms with E-state index in [1.165, 1.54) is 11.0 Å². The Hall–Kier alpha value is -2.05. The van der Waals surface area contributed by atoms with Gasteiger partial charge in [0.2, 0.25) is 0 Å². The van der Waals surface area contributed by atoms with E-state index in [0.717, 1.165) is 12.1 Å². The van der Waals surface area contributed by atoms with E-state index >= 15 is 0 Å². The number of hydrogen-bond acceptors (Lipinski definition) is 3. The fourth-order valence-corrected chi connectivity index (χ4v) is 1.32. The molecule has 0 bridgehead atoms. The van der Waals surface area contributed by atoms with Gasteiger partial charge in [-0.1, -0.05) is 0 Å². The van der Waals surface area contributed by atoms with E-state index < -0.39 is 17.5 Å². The van der Waals surface area contributed by atoms with Crippen LogP contribution < -0.4 is 5.32 Å². The van der Waals surface area contributed by atoms with Gasteiger partial charge in [0.05, 0.1) is 12.2 Å². The molecular formula is C10H9F3N4. The summed E-state index contributed by atoms with van der Waals surface area (Å²) in [6.07, 6.45) is 1.35. The molecule has 90 valence electrons. The fraction of sp³-hybridized carbons (Fsp3) is 0.200. The molecule has 1 N–H and O–H groups in total. The summed E-state index contributed by atoms with van der Waals surface area (Å²) in [6, 6.07) is 1.99. The van der Waals surface area contributed by atoms with Crippen molar-refractivity contribution >= 4 is 5.69 Å². The van der Waals surface area contributed by atoms with Crippen LogP contribution in [0.3, 0.4) is 0 Å². The average molecular weight is 242 g/mol. The van der Waals surface area contributed by atoms with Crippen molar-refractivity contribution in [2.75, 3.05) is 5.32 Å². The number of hydrogen-bond donors (Lipinski definition) is 1. The summed E-state index contributed by atoms with van der Waals surface area (Å²) in [5.74, 6) is -3.40. The molecule has 0 aliphatic heterocycles. The zero-order chi connectivity index (χ0) is 12.4. The highest BCUT2D eigenvalue weighted by atomic mass is 19.2. The third kappa shape index (κ3) is 2.22. The van der Waals surface area contributed by atoms with Crippen LogP contribution in [0.25, 0.3) is 0 Å². The van der Waals surface area contributed by atoms with Gasteiger partial charge in [-0.25, -0.2) is 18.2 Å². The van der Waals surface area contributed by atoms with Crippen LogP contribution in [0, 0.1) is 17.5 Å². The molecule has 1 aromatic carbocycles. The number of aromatic nitrogens is 3. The van der Waals surface area contributed by atoms with E-state index in [4.69, 9.17) is 0 Å². The molecule has 1 heterocycles. The Bertz CT molecular complexity index is 538. The van der Waals surface area contributed by atoms with E-state index in [-0.39, 0.29) is 12.2 Å². The molecule has 0 aliphatic carbocycles. The topological polar surface area (TPSA) is 42.7 Å². The maximum absolute atomic E-state index is 13.3. The average Bonchev–Trinajstić information content (AvgIpc) is 2.71. The lowest BCUT2D eigenvalue weighted by Gasteiger charge is -2.07. The second-order valence-electron chi connectivity index (χ2n) is 3.38. The minimum absolute atomic E-state index is 0.119. The summed E-state index contributed by atoms with van der Waals surface area (Å²) in [4.78, 5) is 3.90. The summed E-state index contributed by atoms with van der Waals surface area (Å²) in [6.45, 7) is 0.165. The second-order valence-corrected chi connectivity index (χ2v) is 3.38. The van der Waals surface area contributed by atoms with Crippen LogP contribution in [0.1, 0.15) is 5.82 Å². The van der Waals surface area contributed by atoms with Crippen molar-refractivity contribution < 1.29 is 13.2 Å². The molecule has 0 amide bonds. The number of nitrogens with one attached hydrogen (secondary N) is 1. The minimum atomic E-state index is -1.49. The highest BCUT2D eigenvalue weighted by molar-refractivity contribution is 5.45. The lowest BCUT2D eigenvalue weighted by atomic mass is 10.3. The first-order valence-electron chi connectivity index (χ1n) is 4.80. The van der Waals surface area contributed by atoms with Crippen molar-refractivity contribution in [2.45, 2.75) is 6.54 Å². The van der Waals surface area contributed by atoms with Crippen molar-refractivity contribution in [3.8, 4) is 0 Å². The standard InChI is InChI=1S/C10H9F3N4/c1-17-8(15-5-16-17)4-14-7-3-2-6(11)9(12)10(7)13/h2-3,5,14H,4H2,1H3. The van der Waals surface area contributed by atoms with Gasteiger partial charge in [-0.15, -0.1) is 0 Å². The van der Waals surface area contributed by atoms with Gasteiger partial charge in [0.25, 0.3) is 0 Å². The molecule has 2 rings (SSSR count). The largest absolute Gasteiger partial charge is 0.375 e. The highest BCUT2D eigenvalue weighted by Gasteiger charge is 2.13. The first-order chi connectivity index (χ1) is 8.09. The van der Waals surface area contributed by atoms with Gasteiger partial charge in [0, 0.05) is 7.05 Å². The monoisotopic (exact) mass is 242 g/mol. The normalized spacial score (nSPS) is 10.6. The number of nitrogens with zero attached hydrogens (tertiary/aromatic N) is 3. The first-order valence-corrected chi connectivity index (χ1v) is 4.80. The van der Waals surface area contributed by atoms with Crippen molar-refractivity contribution in [1.82, 2.24) is 14.8 Å². The maximum Gasteiger partial charge on any atom is 0.196 e. The fourth-order valence-electron chi connectivity index (χ4n) is 1.32. The molecule has 0 saturated carbocycles. The molecule has 17 heavy (non-hydrogen) atoms. The third-order valence-electron chi connectivity index (χ3n) is 2.28. The zero-order valence-electron chi connectivity index (χ0n) is 8.91. The maximum atomic E-state index is 13.3. The van der Waals surface area contributed by atoms with Crippen LogP contribution in [-0.2, 0) is 13.6 Å². The Balaban J connectivity index is 2.15. The second kappa shape index (κ2) is 4.44. The summed E-state index contributed by atoms with van der Waals surface area (Å²) >= 11 is 0. The van der Waals surface area contributed by atoms with E-state index in [2.05, 4.69) is 15.4 Å². The molecule has 7 heteroatoms. The summed E-state index contributed by atoms with van der Waals surface area (Å²) in [5, 5.41) is 6.44.